The first-order chi connectivity index (χ1) is 23.8. The number of unbranched alkanes of at least 4 members (excludes halogenated alkanes) is 15. The van der Waals surface area contributed by atoms with Gasteiger partial charge in [0.1, 0.15) is 0 Å². The summed E-state index contributed by atoms with van der Waals surface area (Å²) in [5.74, 6) is -0.469. The SMILES string of the molecule is CCCCCC/C=C\CCCCCCCC(O)CC(=O)NC(COP(=O)(O)OCCN)C(O)/C=C/CC/C=C/CC/C=C/CCCCCC. The molecule has 0 radical (unpaired) electrons. The highest BCUT2D eigenvalue weighted by Gasteiger charge is 2.27. The lowest BCUT2D eigenvalue weighted by Crippen LogP contribution is -2.46. The third-order valence-corrected chi connectivity index (χ3v) is 9.14. The fourth-order valence-corrected chi connectivity index (χ4v) is 5.96. The van der Waals surface area contributed by atoms with Crippen molar-refractivity contribution in [3.63, 3.8) is 0 Å². The molecule has 6 N–H and O–H groups in total. The number of phosphoric ester groups is 1. The van der Waals surface area contributed by atoms with E-state index in [0.29, 0.717) is 12.8 Å². The summed E-state index contributed by atoms with van der Waals surface area (Å²) in [6.45, 7) is 3.87. The number of aliphatic hydroxyl groups is 2. The van der Waals surface area contributed by atoms with Gasteiger partial charge < -0.3 is 26.2 Å². The molecule has 0 aromatic rings. The molecule has 0 aliphatic carbocycles. The Morgan fingerprint density at radius 1 is 0.694 bits per heavy atom. The molecular formula is C39H73N2O7P. The van der Waals surface area contributed by atoms with Crippen LogP contribution in [0.5, 0.6) is 0 Å². The summed E-state index contributed by atoms with van der Waals surface area (Å²) in [5.41, 5.74) is 5.34. The molecule has 0 aliphatic rings. The summed E-state index contributed by atoms with van der Waals surface area (Å²) in [7, 11) is -4.41. The van der Waals surface area contributed by atoms with E-state index in [1.165, 1.54) is 64.2 Å². The largest absolute Gasteiger partial charge is 0.472 e. The summed E-state index contributed by atoms with van der Waals surface area (Å²) in [5, 5.41) is 23.9. The number of nitrogens with two attached hydrogens (primary N) is 1. The quantitative estimate of drug-likeness (QED) is 0.0248. The van der Waals surface area contributed by atoms with E-state index >= 15 is 0 Å². The lowest BCUT2D eigenvalue weighted by molar-refractivity contribution is -0.124. The zero-order chi connectivity index (χ0) is 36.3. The van der Waals surface area contributed by atoms with Gasteiger partial charge in [0.05, 0.1) is 37.9 Å². The Hall–Kier alpha value is -1.58. The molecule has 4 unspecified atom stereocenters. The van der Waals surface area contributed by atoms with Crippen molar-refractivity contribution >= 4 is 13.7 Å². The van der Waals surface area contributed by atoms with Gasteiger partial charge in [-0.15, -0.1) is 0 Å². The molecule has 286 valence electrons. The molecule has 0 rings (SSSR count). The maximum absolute atomic E-state index is 12.7. The van der Waals surface area contributed by atoms with Gasteiger partial charge in [0.2, 0.25) is 5.91 Å². The van der Waals surface area contributed by atoms with Crippen molar-refractivity contribution in [3.05, 3.63) is 48.6 Å². The van der Waals surface area contributed by atoms with Crippen LogP contribution in [0.2, 0.25) is 0 Å². The number of amides is 1. The summed E-state index contributed by atoms with van der Waals surface area (Å²) >= 11 is 0. The van der Waals surface area contributed by atoms with Gasteiger partial charge in [-0.25, -0.2) is 4.57 Å². The number of phosphoric acid groups is 1. The Labute approximate surface area is 299 Å². The fourth-order valence-electron chi connectivity index (χ4n) is 5.20. The van der Waals surface area contributed by atoms with Crippen LogP contribution in [0.15, 0.2) is 48.6 Å². The van der Waals surface area contributed by atoms with Crippen LogP contribution in [-0.4, -0.2) is 59.0 Å². The van der Waals surface area contributed by atoms with Gasteiger partial charge in [-0.3, -0.25) is 13.8 Å². The second-order valence-corrected chi connectivity index (χ2v) is 14.4. The monoisotopic (exact) mass is 713 g/mol. The number of hydrogen-bond acceptors (Lipinski definition) is 7. The highest BCUT2D eigenvalue weighted by atomic mass is 31.2. The van der Waals surface area contributed by atoms with E-state index in [1.54, 1.807) is 6.08 Å². The van der Waals surface area contributed by atoms with Crippen LogP contribution in [0.25, 0.3) is 0 Å². The average molecular weight is 713 g/mol. The first-order valence-electron chi connectivity index (χ1n) is 19.3. The maximum Gasteiger partial charge on any atom is 0.472 e. The predicted molar refractivity (Wildman–Crippen MR) is 204 cm³/mol. The minimum absolute atomic E-state index is 0.0399. The number of carbonyl (C=O) groups is 1. The van der Waals surface area contributed by atoms with Crippen molar-refractivity contribution < 1.29 is 33.5 Å². The van der Waals surface area contributed by atoms with Gasteiger partial charge in [0.25, 0.3) is 0 Å². The summed E-state index contributed by atoms with van der Waals surface area (Å²) in [6.07, 6.45) is 37.6. The zero-order valence-corrected chi connectivity index (χ0v) is 31.9. The molecule has 0 spiro atoms. The molecule has 0 saturated heterocycles. The first kappa shape index (κ1) is 47.4. The Morgan fingerprint density at radius 3 is 1.69 bits per heavy atom. The molecule has 9 nitrogen and oxygen atoms in total. The van der Waals surface area contributed by atoms with Crippen molar-refractivity contribution in [2.45, 2.75) is 173 Å². The average Bonchev–Trinajstić information content (AvgIpc) is 3.07. The fraction of sp³-hybridized carbons (Fsp3) is 0.769. The number of allylic oxidation sites excluding steroid dienone is 7. The molecule has 0 aliphatic heterocycles. The minimum Gasteiger partial charge on any atom is -0.393 e. The molecule has 0 aromatic heterocycles. The van der Waals surface area contributed by atoms with E-state index in [0.717, 1.165) is 57.8 Å². The van der Waals surface area contributed by atoms with Crippen LogP contribution in [-0.2, 0) is 18.4 Å². The highest BCUT2D eigenvalue weighted by molar-refractivity contribution is 7.47. The second kappa shape index (κ2) is 34.9. The topological polar surface area (TPSA) is 151 Å². The Balaban J connectivity index is 4.53. The van der Waals surface area contributed by atoms with E-state index in [4.69, 9.17) is 14.8 Å². The smallest absolute Gasteiger partial charge is 0.393 e. The van der Waals surface area contributed by atoms with Gasteiger partial charge in [-0.1, -0.05) is 127 Å². The predicted octanol–water partition coefficient (Wildman–Crippen LogP) is 9.13. The first-order valence-corrected chi connectivity index (χ1v) is 20.8. The molecule has 0 fully saturated rings. The van der Waals surface area contributed by atoms with E-state index in [9.17, 15) is 24.5 Å². The van der Waals surface area contributed by atoms with Crippen molar-refractivity contribution in [3.8, 4) is 0 Å². The highest BCUT2D eigenvalue weighted by Crippen LogP contribution is 2.43. The molecule has 0 aromatic carbocycles. The van der Waals surface area contributed by atoms with Crippen LogP contribution >= 0.6 is 7.82 Å². The van der Waals surface area contributed by atoms with E-state index in [-0.39, 0.29) is 19.6 Å². The van der Waals surface area contributed by atoms with Crippen molar-refractivity contribution in [2.24, 2.45) is 5.73 Å². The normalized spacial score (nSPS) is 15.5. The molecule has 0 bridgehead atoms. The molecule has 0 heterocycles. The summed E-state index contributed by atoms with van der Waals surface area (Å²) in [4.78, 5) is 22.6. The summed E-state index contributed by atoms with van der Waals surface area (Å²) < 4.78 is 22.0. The molecule has 0 saturated carbocycles. The summed E-state index contributed by atoms with van der Waals surface area (Å²) in [6, 6.07) is -1.01. The van der Waals surface area contributed by atoms with Crippen molar-refractivity contribution in [1.29, 1.82) is 0 Å². The molecule has 4 atom stereocenters. The van der Waals surface area contributed by atoms with Crippen LogP contribution in [0.4, 0.5) is 0 Å². The lowest BCUT2D eigenvalue weighted by Gasteiger charge is -2.24. The third kappa shape index (κ3) is 33.3. The zero-order valence-electron chi connectivity index (χ0n) is 31.0. The number of nitrogens with one attached hydrogen (secondary N) is 1. The number of rotatable bonds is 35. The number of hydrogen-bond donors (Lipinski definition) is 5. The van der Waals surface area contributed by atoms with E-state index in [1.807, 2.05) is 6.08 Å². The molecular weight excluding hydrogens is 639 g/mol. The van der Waals surface area contributed by atoms with E-state index < -0.39 is 38.6 Å². The Bertz CT molecular complexity index is 925. The standard InChI is InChI=1S/C39H73N2O7P/c1-3-5-7-9-11-13-15-17-19-21-23-25-27-29-31-38(43)37(35-48-49(45,46)47-33-32-40)41-39(44)34-36(42)30-28-26-24-22-20-18-16-14-12-10-8-6-4-2/h13-16,21,23,29,31,36-38,42-43H,3-12,17-20,22,24-28,30,32-35,40H2,1-2H3,(H,41,44)(H,45,46)/b15-13+,16-14-,23-21+,31-29+. The van der Waals surface area contributed by atoms with E-state index in [2.05, 4.69) is 55.6 Å². The second-order valence-electron chi connectivity index (χ2n) is 12.9. The maximum atomic E-state index is 12.7. The Morgan fingerprint density at radius 2 is 1.16 bits per heavy atom. The van der Waals surface area contributed by atoms with Crippen LogP contribution in [0.3, 0.4) is 0 Å². The molecule has 10 heteroatoms. The van der Waals surface area contributed by atoms with Crippen molar-refractivity contribution in [1.82, 2.24) is 5.32 Å². The van der Waals surface area contributed by atoms with Gasteiger partial charge in [-0.05, 0) is 70.6 Å². The number of aliphatic hydroxyl groups excluding tert-OH is 2. The number of carbonyl (C=O) groups excluding carboxylic acids is 1. The van der Waals surface area contributed by atoms with Crippen LogP contribution in [0, 0.1) is 0 Å². The van der Waals surface area contributed by atoms with Gasteiger partial charge in [0, 0.05) is 6.54 Å². The third-order valence-electron chi connectivity index (χ3n) is 8.16. The van der Waals surface area contributed by atoms with Crippen LogP contribution < -0.4 is 11.1 Å². The molecule has 49 heavy (non-hydrogen) atoms. The Kier molecular flexibility index (Phi) is 33.7. The lowest BCUT2D eigenvalue weighted by atomic mass is 10.0. The van der Waals surface area contributed by atoms with Gasteiger partial charge in [0.15, 0.2) is 0 Å². The van der Waals surface area contributed by atoms with Crippen molar-refractivity contribution in [2.75, 3.05) is 19.8 Å². The van der Waals surface area contributed by atoms with Gasteiger partial charge >= 0.3 is 7.82 Å². The minimum atomic E-state index is -4.41. The van der Waals surface area contributed by atoms with Crippen LogP contribution in [0.1, 0.15) is 155 Å². The molecule has 1 amide bonds. The van der Waals surface area contributed by atoms with Gasteiger partial charge in [-0.2, -0.15) is 0 Å².